The van der Waals surface area contributed by atoms with Gasteiger partial charge < -0.3 is 4.90 Å². The zero-order valence-electron chi connectivity index (χ0n) is 10.1. The quantitative estimate of drug-likeness (QED) is 0.678. The lowest BCUT2D eigenvalue weighted by Crippen LogP contribution is -2.29. The highest BCUT2D eigenvalue weighted by molar-refractivity contribution is 5.36. The number of likely N-dealkylation sites (tertiary alicyclic amines) is 1. The van der Waals surface area contributed by atoms with Gasteiger partial charge >= 0.3 is 0 Å². The summed E-state index contributed by atoms with van der Waals surface area (Å²) < 4.78 is 0. The molecule has 1 aliphatic heterocycles. The molecule has 1 heterocycles. The van der Waals surface area contributed by atoms with E-state index in [1.165, 1.54) is 37.1 Å². The third-order valence-electron chi connectivity index (χ3n) is 3.67. The molecule has 0 unspecified atom stereocenters. The summed E-state index contributed by atoms with van der Waals surface area (Å²) in [6, 6.07) is 6.67. The van der Waals surface area contributed by atoms with Crippen molar-refractivity contribution in [1.82, 2.24) is 4.90 Å². The topological polar surface area (TPSA) is 3.24 Å². The summed E-state index contributed by atoms with van der Waals surface area (Å²) in [5.74, 6) is 0.794. The van der Waals surface area contributed by atoms with E-state index >= 15 is 0 Å². The number of benzene rings is 1. The van der Waals surface area contributed by atoms with E-state index in [0.29, 0.717) is 0 Å². The molecule has 0 saturated carbocycles. The van der Waals surface area contributed by atoms with Crippen LogP contribution in [0.5, 0.6) is 0 Å². The van der Waals surface area contributed by atoms with Gasteiger partial charge in [0.1, 0.15) is 0 Å². The van der Waals surface area contributed by atoms with Crippen molar-refractivity contribution in [3.63, 3.8) is 0 Å². The maximum Gasteiger partial charge on any atom is -0.00159 e. The van der Waals surface area contributed by atoms with E-state index in [4.69, 9.17) is 0 Å². The zero-order chi connectivity index (χ0) is 10.8. The Morgan fingerprint density at radius 3 is 2.13 bits per heavy atom. The third-order valence-corrected chi connectivity index (χ3v) is 3.67. The maximum atomic E-state index is 2.43. The van der Waals surface area contributed by atoms with Crippen LogP contribution in [-0.4, -0.2) is 25.0 Å². The van der Waals surface area contributed by atoms with E-state index in [-0.39, 0.29) is 0 Å². The highest BCUT2D eigenvalue weighted by Gasteiger charge is 2.20. The molecule has 1 heteroatoms. The van der Waals surface area contributed by atoms with Gasteiger partial charge in [0.2, 0.25) is 0 Å². The molecule has 1 aliphatic rings. The fourth-order valence-corrected chi connectivity index (χ4v) is 2.77. The van der Waals surface area contributed by atoms with Crippen molar-refractivity contribution < 1.29 is 0 Å². The molecule has 0 atom stereocenters. The van der Waals surface area contributed by atoms with Crippen LogP contribution in [0.2, 0.25) is 0 Å². The van der Waals surface area contributed by atoms with Gasteiger partial charge in [-0.25, -0.2) is 0 Å². The van der Waals surface area contributed by atoms with Gasteiger partial charge in [-0.3, -0.25) is 0 Å². The van der Waals surface area contributed by atoms with Crippen LogP contribution in [0.25, 0.3) is 0 Å². The molecule has 0 radical (unpaired) electrons. The Balaban J connectivity index is 2.22. The summed E-state index contributed by atoms with van der Waals surface area (Å²) in [6.07, 6.45) is 2.64. The lowest BCUT2D eigenvalue weighted by atomic mass is 9.84. The van der Waals surface area contributed by atoms with E-state index in [1.807, 2.05) is 0 Å². The summed E-state index contributed by atoms with van der Waals surface area (Å²) in [5.41, 5.74) is 4.57. The maximum absolute atomic E-state index is 2.43. The number of rotatable bonds is 1. The molecule has 1 aromatic carbocycles. The molecular formula is C14H21N. The summed E-state index contributed by atoms with van der Waals surface area (Å²) >= 11 is 0. The van der Waals surface area contributed by atoms with Crippen molar-refractivity contribution >= 4 is 0 Å². The van der Waals surface area contributed by atoms with Crippen LogP contribution in [0, 0.1) is 13.8 Å². The molecule has 1 aromatic rings. The fraction of sp³-hybridized carbons (Fsp3) is 0.571. The van der Waals surface area contributed by atoms with Crippen molar-refractivity contribution in [2.24, 2.45) is 0 Å². The van der Waals surface area contributed by atoms with Crippen LogP contribution in [0.1, 0.15) is 35.4 Å². The molecule has 1 saturated heterocycles. The molecule has 1 fully saturated rings. The van der Waals surface area contributed by atoms with Crippen LogP contribution in [-0.2, 0) is 0 Å². The highest BCUT2D eigenvalue weighted by atomic mass is 15.1. The first-order chi connectivity index (χ1) is 7.18. The Hall–Kier alpha value is -0.820. The monoisotopic (exact) mass is 203 g/mol. The van der Waals surface area contributed by atoms with Crippen molar-refractivity contribution in [3.05, 3.63) is 34.9 Å². The van der Waals surface area contributed by atoms with Gasteiger partial charge in [0.15, 0.2) is 0 Å². The molecule has 15 heavy (non-hydrogen) atoms. The first-order valence-corrected chi connectivity index (χ1v) is 5.93. The second-order valence-electron chi connectivity index (χ2n) is 4.88. The average Bonchev–Trinajstić information content (AvgIpc) is 2.20. The van der Waals surface area contributed by atoms with Crippen molar-refractivity contribution in [2.75, 3.05) is 20.1 Å². The lowest BCUT2D eigenvalue weighted by molar-refractivity contribution is 0.255. The molecule has 2 rings (SSSR count). The standard InChI is InChI=1S/C14H21N/c1-11-5-4-6-12(2)14(11)13-7-9-15(3)10-8-13/h4-6,13H,7-10H2,1-3H3. The lowest BCUT2D eigenvalue weighted by Gasteiger charge is -2.31. The normalized spacial score (nSPS) is 19.4. The second-order valence-corrected chi connectivity index (χ2v) is 4.88. The number of aryl methyl sites for hydroxylation is 2. The van der Waals surface area contributed by atoms with Crippen molar-refractivity contribution in [3.8, 4) is 0 Å². The molecule has 0 spiro atoms. The molecule has 0 aliphatic carbocycles. The van der Waals surface area contributed by atoms with E-state index in [1.54, 1.807) is 5.56 Å². The molecule has 0 N–H and O–H groups in total. The SMILES string of the molecule is Cc1cccc(C)c1C1CCN(C)CC1. The fourth-order valence-electron chi connectivity index (χ4n) is 2.77. The third kappa shape index (κ3) is 2.23. The second kappa shape index (κ2) is 4.36. The van der Waals surface area contributed by atoms with Gasteiger partial charge in [-0.05, 0) is 69.4 Å². The molecule has 82 valence electrons. The molecule has 0 amide bonds. The smallest absolute Gasteiger partial charge is 0.00159 e. The number of nitrogens with zero attached hydrogens (tertiary/aromatic N) is 1. The van der Waals surface area contributed by atoms with Crippen molar-refractivity contribution in [1.29, 1.82) is 0 Å². The summed E-state index contributed by atoms with van der Waals surface area (Å²) in [5, 5.41) is 0. The van der Waals surface area contributed by atoms with Crippen LogP contribution in [0.15, 0.2) is 18.2 Å². The van der Waals surface area contributed by atoms with E-state index in [9.17, 15) is 0 Å². The number of piperidine rings is 1. The van der Waals surface area contributed by atoms with Gasteiger partial charge in [0.25, 0.3) is 0 Å². The van der Waals surface area contributed by atoms with Crippen LogP contribution >= 0.6 is 0 Å². The zero-order valence-corrected chi connectivity index (χ0v) is 10.1. The Kier molecular flexibility index (Phi) is 3.11. The highest BCUT2D eigenvalue weighted by Crippen LogP contribution is 2.31. The Labute approximate surface area is 93.1 Å². The van der Waals surface area contributed by atoms with Gasteiger partial charge in [-0.15, -0.1) is 0 Å². The minimum atomic E-state index is 0.794. The molecule has 1 nitrogen and oxygen atoms in total. The van der Waals surface area contributed by atoms with Gasteiger partial charge in [0.05, 0.1) is 0 Å². The summed E-state index contributed by atoms with van der Waals surface area (Å²) in [6.45, 7) is 7.00. The predicted molar refractivity (Wildman–Crippen MR) is 65.4 cm³/mol. The molecular weight excluding hydrogens is 182 g/mol. The van der Waals surface area contributed by atoms with Crippen molar-refractivity contribution in [2.45, 2.75) is 32.6 Å². The Morgan fingerprint density at radius 2 is 1.60 bits per heavy atom. The number of hydrogen-bond acceptors (Lipinski definition) is 1. The predicted octanol–water partition coefficient (Wildman–Crippen LogP) is 3.11. The largest absolute Gasteiger partial charge is 0.306 e. The van der Waals surface area contributed by atoms with Gasteiger partial charge in [0, 0.05) is 0 Å². The van der Waals surface area contributed by atoms with E-state index in [2.05, 4.69) is 44.0 Å². The summed E-state index contributed by atoms with van der Waals surface area (Å²) in [4.78, 5) is 2.43. The first kappa shape index (κ1) is 10.7. The molecule has 0 bridgehead atoms. The van der Waals surface area contributed by atoms with E-state index in [0.717, 1.165) is 5.92 Å². The summed E-state index contributed by atoms with van der Waals surface area (Å²) in [7, 11) is 2.22. The minimum Gasteiger partial charge on any atom is -0.306 e. The average molecular weight is 203 g/mol. The van der Waals surface area contributed by atoms with Crippen LogP contribution in [0.3, 0.4) is 0 Å². The number of hydrogen-bond donors (Lipinski definition) is 0. The van der Waals surface area contributed by atoms with Gasteiger partial charge in [-0.2, -0.15) is 0 Å². The Morgan fingerprint density at radius 1 is 1.07 bits per heavy atom. The Bertz CT molecular complexity index is 315. The minimum absolute atomic E-state index is 0.794. The van der Waals surface area contributed by atoms with Crippen LogP contribution in [0.4, 0.5) is 0 Å². The van der Waals surface area contributed by atoms with Gasteiger partial charge in [-0.1, -0.05) is 18.2 Å². The first-order valence-electron chi connectivity index (χ1n) is 5.93. The van der Waals surface area contributed by atoms with E-state index < -0.39 is 0 Å². The molecule has 0 aromatic heterocycles. The van der Waals surface area contributed by atoms with Crippen LogP contribution < -0.4 is 0 Å².